The first-order valence-electron chi connectivity index (χ1n) is 13.1. The molecule has 0 aliphatic rings. The second-order valence-corrected chi connectivity index (χ2v) is 8.13. The van der Waals surface area contributed by atoms with Gasteiger partial charge in [0.15, 0.2) is 16.6 Å². The van der Waals surface area contributed by atoms with Gasteiger partial charge in [0.25, 0.3) is 0 Å². The zero-order valence-electron chi connectivity index (χ0n) is 23.2. The maximum Gasteiger partial charge on any atom is 0.170 e. The van der Waals surface area contributed by atoms with Crippen LogP contribution in [0.4, 0.5) is 11.5 Å². The Balaban J connectivity index is 0.00000163. The maximum atomic E-state index is 5.93. The van der Waals surface area contributed by atoms with Gasteiger partial charge in [0.1, 0.15) is 5.82 Å². The summed E-state index contributed by atoms with van der Waals surface area (Å²) in [6.45, 7) is 12.3. The minimum atomic E-state index is 0.557. The van der Waals surface area contributed by atoms with Gasteiger partial charge in [-0.2, -0.15) is 0 Å². The average molecular weight is 529 g/mol. The Labute approximate surface area is 228 Å². The number of rotatable bonds is 12. The molecule has 0 radical (unpaired) electrons. The molecule has 8 nitrogen and oxygen atoms in total. The molecular formula is C28H44N6O2S. The van der Waals surface area contributed by atoms with E-state index in [1.165, 1.54) is 5.56 Å². The molecule has 0 fully saturated rings. The average Bonchev–Trinajstić information content (AvgIpc) is 3.33. The third-order valence-electron chi connectivity index (χ3n) is 5.17. The largest absolute Gasteiger partial charge is 0.493 e. The highest BCUT2D eigenvalue weighted by molar-refractivity contribution is 7.80. The summed E-state index contributed by atoms with van der Waals surface area (Å²) in [4.78, 5) is 8.15. The molecule has 2 heterocycles. The number of ether oxygens (including phenoxy) is 2. The van der Waals surface area contributed by atoms with Crippen LogP contribution < -0.4 is 25.8 Å². The van der Waals surface area contributed by atoms with Gasteiger partial charge >= 0.3 is 0 Å². The topological polar surface area (TPSA) is 99.2 Å². The van der Waals surface area contributed by atoms with Gasteiger partial charge in [-0.25, -0.2) is 9.97 Å². The molecule has 0 aliphatic carbocycles. The van der Waals surface area contributed by atoms with Crippen LogP contribution in [0.1, 0.15) is 58.2 Å². The zero-order chi connectivity index (χ0) is 27.5. The number of pyridine rings is 1. The Morgan fingerprint density at radius 3 is 2.51 bits per heavy atom. The van der Waals surface area contributed by atoms with Crippen molar-refractivity contribution in [1.82, 2.24) is 19.9 Å². The minimum absolute atomic E-state index is 0.557. The number of anilines is 2. The molecule has 0 amide bonds. The van der Waals surface area contributed by atoms with Crippen LogP contribution in [0.15, 0.2) is 49.1 Å². The quantitative estimate of drug-likeness (QED) is 0.194. The van der Waals surface area contributed by atoms with Crippen molar-refractivity contribution in [2.45, 2.75) is 66.8 Å². The molecule has 2 aromatic heterocycles. The lowest BCUT2D eigenvalue weighted by atomic mass is 10.1. The fourth-order valence-corrected chi connectivity index (χ4v) is 3.60. The number of hydrogen-bond acceptors (Lipinski definition) is 6. The first-order valence-corrected chi connectivity index (χ1v) is 13.5. The van der Waals surface area contributed by atoms with E-state index >= 15 is 0 Å². The van der Waals surface area contributed by atoms with Crippen LogP contribution in [0.2, 0.25) is 0 Å². The van der Waals surface area contributed by atoms with Crippen LogP contribution >= 0.6 is 12.2 Å². The van der Waals surface area contributed by atoms with Crippen molar-refractivity contribution in [2.24, 2.45) is 0 Å². The van der Waals surface area contributed by atoms with E-state index in [4.69, 9.17) is 27.4 Å². The SMILES string of the molecule is CC.CC.COc1cc(NC(=S)NCCCn2cncc2C)ccc1OCCCCc1ccnc(N)c1. The Kier molecular flexibility index (Phi) is 16.2. The molecular weight excluding hydrogens is 484 g/mol. The number of methoxy groups -OCH3 is 1. The summed E-state index contributed by atoms with van der Waals surface area (Å²) in [7, 11) is 1.63. The van der Waals surface area contributed by atoms with E-state index < -0.39 is 0 Å². The molecule has 0 saturated heterocycles. The predicted molar refractivity (Wildman–Crippen MR) is 159 cm³/mol. The summed E-state index contributed by atoms with van der Waals surface area (Å²) in [6, 6.07) is 9.62. The maximum absolute atomic E-state index is 5.93. The van der Waals surface area contributed by atoms with Crippen molar-refractivity contribution < 1.29 is 9.47 Å². The van der Waals surface area contributed by atoms with Crippen molar-refractivity contribution in [3.8, 4) is 11.5 Å². The molecule has 0 unspecified atom stereocenters. The third-order valence-corrected chi connectivity index (χ3v) is 5.41. The number of nitrogen functional groups attached to an aromatic ring is 1. The summed E-state index contributed by atoms with van der Waals surface area (Å²) in [5, 5.41) is 7.01. The molecule has 3 aromatic rings. The van der Waals surface area contributed by atoms with Gasteiger partial charge in [0.05, 0.1) is 20.0 Å². The smallest absolute Gasteiger partial charge is 0.170 e. The molecule has 204 valence electrons. The monoisotopic (exact) mass is 528 g/mol. The van der Waals surface area contributed by atoms with E-state index in [-0.39, 0.29) is 0 Å². The Morgan fingerprint density at radius 1 is 1.05 bits per heavy atom. The zero-order valence-corrected chi connectivity index (χ0v) is 24.0. The van der Waals surface area contributed by atoms with Gasteiger partial charge in [-0.15, -0.1) is 0 Å². The Hall–Kier alpha value is -3.33. The molecule has 1 aromatic carbocycles. The predicted octanol–water partition coefficient (Wildman–Crippen LogP) is 6.01. The summed E-state index contributed by atoms with van der Waals surface area (Å²) in [5.74, 6) is 1.94. The fraction of sp³-hybridized carbons (Fsp3) is 0.464. The van der Waals surface area contributed by atoms with Crippen LogP contribution in [0.3, 0.4) is 0 Å². The van der Waals surface area contributed by atoms with Gasteiger partial charge in [-0.1, -0.05) is 27.7 Å². The Bertz CT molecular complexity index is 1040. The highest BCUT2D eigenvalue weighted by Crippen LogP contribution is 2.30. The van der Waals surface area contributed by atoms with Crippen LogP contribution in [0.25, 0.3) is 0 Å². The fourth-order valence-electron chi connectivity index (χ4n) is 3.38. The standard InChI is InChI=1S/C24H32N6O2S.2C2H6/c1-18-16-26-17-30(18)12-5-10-28-24(33)29-20-7-8-21(22(15-20)31-2)32-13-4-3-6-19-9-11-27-23(25)14-19;2*1-2/h7-9,11,14-17H,3-6,10,12-13H2,1-2H3,(H2,25,27)(H2,28,29,33);2*1-2H3. The second-order valence-electron chi connectivity index (χ2n) is 7.72. The molecule has 37 heavy (non-hydrogen) atoms. The van der Waals surface area contributed by atoms with Gasteiger partial charge < -0.3 is 30.4 Å². The molecule has 0 atom stereocenters. The highest BCUT2D eigenvalue weighted by Gasteiger charge is 2.07. The number of nitrogens with two attached hydrogens (primary N) is 1. The summed E-state index contributed by atoms with van der Waals surface area (Å²) in [5.41, 5.74) is 8.92. The molecule has 0 aliphatic heterocycles. The number of imidazole rings is 1. The molecule has 4 N–H and O–H groups in total. The van der Waals surface area contributed by atoms with Gasteiger partial charge in [0, 0.05) is 42.9 Å². The van der Waals surface area contributed by atoms with E-state index in [1.54, 1.807) is 13.3 Å². The number of aryl methyl sites for hydroxylation is 3. The number of thiocarbonyl (C=S) groups is 1. The second kappa shape index (κ2) is 18.9. The van der Waals surface area contributed by atoms with Crippen molar-refractivity contribution >= 4 is 28.8 Å². The van der Waals surface area contributed by atoms with E-state index in [2.05, 4.69) is 25.2 Å². The van der Waals surface area contributed by atoms with Crippen LogP contribution in [0.5, 0.6) is 11.5 Å². The normalized spacial score (nSPS) is 9.78. The number of aromatic nitrogens is 3. The molecule has 0 saturated carbocycles. The number of unbranched alkanes of at least 4 members (excludes halogenated alkanes) is 1. The van der Waals surface area contributed by atoms with E-state index in [9.17, 15) is 0 Å². The lowest BCUT2D eigenvalue weighted by Gasteiger charge is -2.14. The van der Waals surface area contributed by atoms with Crippen LogP contribution in [0, 0.1) is 6.92 Å². The lowest BCUT2D eigenvalue weighted by molar-refractivity contribution is 0.286. The van der Waals surface area contributed by atoms with Gasteiger partial charge in [0.2, 0.25) is 0 Å². The Morgan fingerprint density at radius 2 is 1.84 bits per heavy atom. The molecule has 0 spiro atoms. The van der Waals surface area contributed by atoms with Crippen molar-refractivity contribution in [3.05, 3.63) is 60.3 Å². The number of hydrogen-bond donors (Lipinski definition) is 3. The third kappa shape index (κ3) is 12.0. The van der Waals surface area contributed by atoms with Crippen LogP contribution in [-0.4, -0.2) is 39.9 Å². The first kappa shape index (κ1) is 31.7. The van der Waals surface area contributed by atoms with Gasteiger partial charge in [-0.05, 0) is 74.7 Å². The summed E-state index contributed by atoms with van der Waals surface area (Å²) in [6.07, 6.45) is 9.28. The number of nitrogens with one attached hydrogen (secondary N) is 2. The first-order chi connectivity index (χ1) is 18.0. The van der Waals surface area contributed by atoms with Crippen molar-refractivity contribution in [2.75, 3.05) is 31.3 Å². The molecule has 9 heteroatoms. The summed E-state index contributed by atoms with van der Waals surface area (Å²) < 4.78 is 13.6. The molecule has 3 rings (SSSR count). The van der Waals surface area contributed by atoms with Gasteiger partial charge in [-0.3, -0.25) is 0 Å². The van der Waals surface area contributed by atoms with Crippen LogP contribution in [-0.2, 0) is 13.0 Å². The minimum Gasteiger partial charge on any atom is -0.493 e. The number of nitrogens with zero attached hydrogens (tertiary/aromatic N) is 3. The molecule has 0 bridgehead atoms. The van der Waals surface area contributed by atoms with E-state index in [0.717, 1.165) is 50.2 Å². The number of benzene rings is 1. The van der Waals surface area contributed by atoms with Crippen molar-refractivity contribution in [1.29, 1.82) is 0 Å². The highest BCUT2D eigenvalue weighted by atomic mass is 32.1. The van der Waals surface area contributed by atoms with E-state index in [0.29, 0.717) is 29.0 Å². The summed E-state index contributed by atoms with van der Waals surface area (Å²) >= 11 is 5.41. The lowest BCUT2D eigenvalue weighted by Crippen LogP contribution is -2.29. The van der Waals surface area contributed by atoms with E-state index in [1.807, 2.05) is 77.5 Å². The van der Waals surface area contributed by atoms with Crippen molar-refractivity contribution in [3.63, 3.8) is 0 Å².